The van der Waals surface area contributed by atoms with E-state index in [2.05, 4.69) is 29.6 Å². The fourth-order valence-electron chi connectivity index (χ4n) is 5.64. The molecule has 3 aliphatic rings. The van der Waals surface area contributed by atoms with Crippen LogP contribution in [0.15, 0.2) is 48.5 Å². The van der Waals surface area contributed by atoms with Crippen molar-refractivity contribution in [2.45, 2.75) is 44.1 Å². The fraction of sp³-hybridized carbons (Fsp3) is 0.444. The molecule has 2 atom stereocenters. The van der Waals surface area contributed by atoms with E-state index >= 15 is 0 Å². The van der Waals surface area contributed by atoms with Gasteiger partial charge in [-0.3, -0.25) is 4.79 Å². The number of likely N-dealkylation sites (tertiary alicyclic amines) is 1. The van der Waals surface area contributed by atoms with E-state index in [9.17, 15) is 19.5 Å². The molecule has 1 saturated carbocycles. The van der Waals surface area contributed by atoms with Gasteiger partial charge in [-0.2, -0.15) is 0 Å². The summed E-state index contributed by atoms with van der Waals surface area (Å²) in [5.74, 6) is -1.37. The minimum Gasteiger partial charge on any atom is -0.480 e. The number of carboxylic acids is 1. The Hall–Kier alpha value is -3.35. The summed E-state index contributed by atoms with van der Waals surface area (Å²) in [5.41, 5.74) is 4.63. The predicted octanol–water partition coefficient (Wildman–Crippen LogP) is 4.02. The molecule has 1 heterocycles. The van der Waals surface area contributed by atoms with Crippen molar-refractivity contribution in [1.82, 2.24) is 10.2 Å². The Bertz CT molecular complexity index is 1050. The first-order chi connectivity index (χ1) is 16.5. The van der Waals surface area contributed by atoms with E-state index in [4.69, 9.17) is 4.74 Å². The molecule has 34 heavy (non-hydrogen) atoms. The number of hydrogen-bond acceptors (Lipinski definition) is 4. The van der Waals surface area contributed by atoms with Crippen LogP contribution in [-0.4, -0.2) is 53.7 Å². The van der Waals surface area contributed by atoms with Crippen molar-refractivity contribution < 1.29 is 24.2 Å². The molecule has 2 aliphatic carbocycles. The van der Waals surface area contributed by atoms with Gasteiger partial charge in [0, 0.05) is 19.0 Å². The summed E-state index contributed by atoms with van der Waals surface area (Å²) < 4.78 is 5.62. The fourth-order valence-corrected chi connectivity index (χ4v) is 5.64. The van der Waals surface area contributed by atoms with Gasteiger partial charge < -0.3 is 20.1 Å². The lowest BCUT2D eigenvalue weighted by atomic mass is 9.75. The Balaban J connectivity index is 1.21. The normalized spacial score (nSPS) is 20.2. The van der Waals surface area contributed by atoms with Crippen molar-refractivity contribution in [1.29, 1.82) is 0 Å². The summed E-state index contributed by atoms with van der Waals surface area (Å²) in [6.07, 6.45) is 3.54. The summed E-state index contributed by atoms with van der Waals surface area (Å²) in [7, 11) is 0. The van der Waals surface area contributed by atoms with Gasteiger partial charge in [-0.1, -0.05) is 55.0 Å². The molecule has 5 rings (SSSR count). The molecule has 1 aliphatic heterocycles. The van der Waals surface area contributed by atoms with Crippen LogP contribution in [0.4, 0.5) is 4.79 Å². The number of fused-ring (bicyclic) bond motifs is 3. The first kappa shape index (κ1) is 22.4. The van der Waals surface area contributed by atoms with Gasteiger partial charge in [-0.15, -0.1) is 0 Å². The number of benzene rings is 2. The van der Waals surface area contributed by atoms with Crippen molar-refractivity contribution in [3.05, 3.63) is 59.7 Å². The van der Waals surface area contributed by atoms with E-state index in [-0.39, 0.29) is 30.9 Å². The zero-order valence-electron chi connectivity index (χ0n) is 19.1. The van der Waals surface area contributed by atoms with Crippen molar-refractivity contribution in [3.63, 3.8) is 0 Å². The second-order valence-corrected chi connectivity index (χ2v) is 9.53. The molecule has 7 nitrogen and oxygen atoms in total. The Morgan fingerprint density at radius 3 is 2.21 bits per heavy atom. The van der Waals surface area contributed by atoms with Gasteiger partial charge in [-0.25, -0.2) is 9.59 Å². The van der Waals surface area contributed by atoms with Crippen molar-refractivity contribution in [2.24, 2.45) is 11.8 Å². The van der Waals surface area contributed by atoms with Crippen LogP contribution < -0.4 is 5.32 Å². The first-order valence-corrected chi connectivity index (χ1v) is 12.2. The molecule has 2 fully saturated rings. The molecule has 2 amide bonds. The minimum absolute atomic E-state index is 0.0249. The van der Waals surface area contributed by atoms with Gasteiger partial charge in [0.15, 0.2) is 0 Å². The van der Waals surface area contributed by atoms with E-state index in [0.717, 1.165) is 30.4 Å². The quantitative estimate of drug-likeness (QED) is 0.648. The SMILES string of the molecule is O=C(NCC(C(=O)N1CCCC1C(=O)O)C1CCC1)OCC1c2ccccc2-c2ccccc21. The highest BCUT2D eigenvalue weighted by atomic mass is 16.5. The van der Waals surface area contributed by atoms with Gasteiger partial charge in [-0.05, 0) is 53.9 Å². The lowest BCUT2D eigenvalue weighted by Gasteiger charge is -2.36. The van der Waals surface area contributed by atoms with Gasteiger partial charge in [0.05, 0.1) is 5.92 Å². The number of alkyl carbamates (subject to hydrolysis) is 1. The maximum atomic E-state index is 13.2. The van der Waals surface area contributed by atoms with Crippen LogP contribution >= 0.6 is 0 Å². The number of aliphatic carboxylic acids is 1. The lowest BCUT2D eigenvalue weighted by Crippen LogP contribution is -2.49. The smallest absolute Gasteiger partial charge is 0.407 e. The summed E-state index contributed by atoms with van der Waals surface area (Å²) in [5, 5.41) is 12.3. The molecule has 0 radical (unpaired) electrons. The number of carbonyl (C=O) groups excluding carboxylic acids is 2. The lowest BCUT2D eigenvalue weighted by molar-refractivity contribution is -0.151. The summed E-state index contributed by atoms with van der Waals surface area (Å²) in [6.45, 7) is 0.849. The third-order valence-corrected chi connectivity index (χ3v) is 7.67. The predicted molar refractivity (Wildman–Crippen MR) is 126 cm³/mol. The number of nitrogens with one attached hydrogen (secondary N) is 1. The van der Waals surface area contributed by atoms with Crippen LogP contribution in [0.5, 0.6) is 0 Å². The van der Waals surface area contributed by atoms with Crippen LogP contribution in [0.3, 0.4) is 0 Å². The molecular formula is C27H30N2O5. The Morgan fingerprint density at radius 1 is 0.971 bits per heavy atom. The van der Waals surface area contributed by atoms with Gasteiger partial charge in [0.2, 0.25) is 5.91 Å². The molecule has 2 N–H and O–H groups in total. The second-order valence-electron chi connectivity index (χ2n) is 9.53. The molecule has 2 aromatic rings. The molecule has 0 aromatic heterocycles. The number of carboxylic acid groups (broad SMARTS) is 1. The van der Waals surface area contributed by atoms with Gasteiger partial charge >= 0.3 is 12.1 Å². The molecule has 0 spiro atoms. The number of nitrogens with zero attached hydrogens (tertiary/aromatic N) is 1. The highest BCUT2D eigenvalue weighted by Crippen LogP contribution is 2.44. The highest BCUT2D eigenvalue weighted by molar-refractivity contribution is 5.86. The maximum Gasteiger partial charge on any atom is 0.407 e. The molecule has 7 heteroatoms. The van der Waals surface area contributed by atoms with Crippen LogP contribution in [-0.2, 0) is 14.3 Å². The van der Waals surface area contributed by atoms with Crippen LogP contribution in [0.2, 0.25) is 0 Å². The number of carbonyl (C=O) groups is 3. The van der Waals surface area contributed by atoms with Crippen LogP contribution in [0.1, 0.15) is 49.1 Å². The number of hydrogen-bond donors (Lipinski definition) is 2. The summed E-state index contributed by atoms with van der Waals surface area (Å²) in [6, 6.07) is 15.6. The zero-order valence-corrected chi connectivity index (χ0v) is 19.1. The van der Waals surface area contributed by atoms with Crippen molar-refractivity contribution in [3.8, 4) is 11.1 Å². The van der Waals surface area contributed by atoms with E-state index < -0.39 is 24.0 Å². The average Bonchev–Trinajstić information content (AvgIpc) is 3.42. The zero-order chi connectivity index (χ0) is 23.7. The van der Waals surface area contributed by atoms with Gasteiger partial charge in [0.1, 0.15) is 12.6 Å². The average molecular weight is 463 g/mol. The molecule has 178 valence electrons. The Morgan fingerprint density at radius 2 is 1.62 bits per heavy atom. The second kappa shape index (κ2) is 9.49. The maximum absolute atomic E-state index is 13.2. The molecular weight excluding hydrogens is 432 g/mol. The number of ether oxygens (including phenoxy) is 1. The van der Waals surface area contributed by atoms with Crippen molar-refractivity contribution >= 4 is 18.0 Å². The number of amides is 2. The van der Waals surface area contributed by atoms with E-state index in [0.29, 0.717) is 19.4 Å². The van der Waals surface area contributed by atoms with E-state index in [1.165, 1.54) is 16.0 Å². The molecule has 1 saturated heterocycles. The standard InChI is InChI=1S/C27H30N2O5/c30-25(29-14-6-13-24(29)26(31)32)22(17-7-5-8-17)15-28-27(33)34-16-23-20-11-3-1-9-18(20)19-10-2-4-12-21(19)23/h1-4,9-12,17,22-24H,5-8,13-16H2,(H,28,33)(H,31,32). The van der Waals surface area contributed by atoms with Crippen LogP contribution in [0.25, 0.3) is 11.1 Å². The minimum atomic E-state index is -0.956. The van der Waals surface area contributed by atoms with Crippen molar-refractivity contribution in [2.75, 3.05) is 19.7 Å². The summed E-state index contributed by atoms with van der Waals surface area (Å²) >= 11 is 0. The largest absolute Gasteiger partial charge is 0.480 e. The molecule has 2 aromatic carbocycles. The van der Waals surface area contributed by atoms with E-state index in [1.54, 1.807) is 0 Å². The van der Waals surface area contributed by atoms with E-state index in [1.807, 2.05) is 24.3 Å². The molecule has 2 unspecified atom stereocenters. The summed E-state index contributed by atoms with van der Waals surface area (Å²) in [4.78, 5) is 38.9. The first-order valence-electron chi connectivity index (χ1n) is 12.2. The Kier molecular flexibility index (Phi) is 6.26. The highest BCUT2D eigenvalue weighted by Gasteiger charge is 2.41. The molecule has 0 bridgehead atoms. The topological polar surface area (TPSA) is 95.9 Å². The Labute approximate surface area is 199 Å². The number of rotatable bonds is 7. The monoisotopic (exact) mass is 462 g/mol. The van der Waals surface area contributed by atoms with Gasteiger partial charge in [0.25, 0.3) is 0 Å². The third-order valence-electron chi connectivity index (χ3n) is 7.67. The van der Waals surface area contributed by atoms with Crippen LogP contribution in [0, 0.1) is 11.8 Å². The third kappa shape index (κ3) is 4.15.